The van der Waals surface area contributed by atoms with E-state index in [2.05, 4.69) is 20.9 Å². The number of alkyl halides is 1. The fourth-order valence-corrected chi connectivity index (χ4v) is 3.47. The molecule has 1 aromatic heterocycles. The number of thiazole rings is 1. The molecule has 0 radical (unpaired) electrons. The Morgan fingerprint density at radius 2 is 2.56 bits per heavy atom. The van der Waals surface area contributed by atoms with Crippen LogP contribution in [0.25, 0.3) is 0 Å². The lowest BCUT2D eigenvalue weighted by Gasteiger charge is -2.15. The Balaban J connectivity index is 2.00. The quantitative estimate of drug-likeness (QED) is 0.804. The number of rotatable bonds is 3. The largest absolute Gasteiger partial charge is 0.338 e. The number of amides is 1. The molecular formula is C11H15BrN2OS. The second-order valence-corrected chi connectivity index (χ2v) is 5.80. The maximum absolute atomic E-state index is 12.2. The number of likely N-dealkylation sites (tertiary alicyclic amines) is 1. The van der Waals surface area contributed by atoms with E-state index in [9.17, 15) is 4.79 Å². The third kappa shape index (κ3) is 2.46. The summed E-state index contributed by atoms with van der Waals surface area (Å²) < 4.78 is 0. The highest BCUT2D eigenvalue weighted by molar-refractivity contribution is 9.09. The van der Waals surface area contributed by atoms with Gasteiger partial charge in [-0.25, -0.2) is 4.98 Å². The molecule has 0 aromatic carbocycles. The summed E-state index contributed by atoms with van der Waals surface area (Å²) in [4.78, 5) is 19.1. The molecule has 3 nitrogen and oxygen atoms in total. The number of carbonyl (C=O) groups excluding carboxylic acids is 1. The van der Waals surface area contributed by atoms with Crippen molar-refractivity contribution in [3.05, 3.63) is 16.1 Å². The number of halogens is 1. The Labute approximate surface area is 108 Å². The highest BCUT2D eigenvalue weighted by Gasteiger charge is 2.27. The summed E-state index contributed by atoms with van der Waals surface area (Å²) in [5, 5.41) is 1.03. The molecule has 1 aliphatic heterocycles. The van der Waals surface area contributed by atoms with Crippen LogP contribution in [0.5, 0.6) is 0 Å². The maximum atomic E-state index is 12.2. The molecule has 0 aliphatic carbocycles. The first-order valence-electron chi connectivity index (χ1n) is 5.47. The Hall–Kier alpha value is -0.420. The van der Waals surface area contributed by atoms with Crippen LogP contribution < -0.4 is 0 Å². The van der Waals surface area contributed by atoms with Crippen molar-refractivity contribution < 1.29 is 4.79 Å². The van der Waals surface area contributed by atoms with Gasteiger partial charge in [-0.05, 0) is 25.7 Å². The first kappa shape index (κ1) is 12.0. The third-order valence-electron chi connectivity index (χ3n) is 3.03. The minimum Gasteiger partial charge on any atom is -0.338 e. The average Bonchev–Trinajstić information content (AvgIpc) is 2.87. The van der Waals surface area contributed by atoms with E-state index in [0.717, 1.165) is 41.8 Å². The molecule has 1 saturated heterocycles. The molecule has 1 aromatic rings. The van der Waals surface area contributed by atoms with Crippen LogP contribution in [-0.4, -0.2) is 34.2 Å². The minimum atomic E-state index is 0.164. The van der Waals surface area contributed by atoms with Gasteiger partial charge in [0.1, 0.15) is 4.88 Å². The van der Waals surface area contributed by atoms with Crippen molar-refractivity contribution in [3.8, 4) is 0 Å². The molecule has 2 heterocycles. The van der Waals surface area contributed by atoms with Crippen molar-refractivity contribution in [2.75, 3.05) is 18.4 Å². The van der Waals surface area contributed by atoms with E-state index in [1.54, 1.807) is 5.51 Å². The van der Waals surface area contributed by atoms with Crippen LogP contribution in [-0.2, 0) is 0 Å². The Morgan fingerprint density at radius 3 is 3.19 bits per heavy atom. The second kappa shape index (κ2) is 5.27. The summed E-state index contributed by atoms with van der Waals surface area (Å²) in [6, 6.07) is 0. The number of aryl methyl sites for hydroxylation is 1. The van der Waals surface area contributed by atoms with E-state index in [4.69, 9.17) is 0 Å². The Kier molecular flexibility index (Phi) is 3.97. The van der Waals surface area contributed by atoms with E-state index in [1.807, 2.05) is 11.8 Å². The topological polar surface area (TPSA) is 33.2 Å². The fraction of sp³-hybridized carbons (Fsp3) is 0.636. The molecule has 1 amide bonds. The first-order valence-corrected chi connectivity index (χ1v) is 7.47. The zero-order valence-electron chi connectivity index (χ0n) is 9.28. The first-order chi connectivity index (χ1) is 7.72. The van der Waals surface area contributed by atoms with Gasteiger partial charge in [0.25, 0.3) is 5.91 Å². The van der Waals surface area contributed by atoms with Crippen molar-refractivity contribution in [1.29, 1.82) is 0 Å². The number of carbonyl (C=O) groups is 1. The normalized spacial score (nSPS) is 20.4. The molecule has 2 rings (SSSR count). The van der Waals surface area contributed by atoms with Crippen molar-refractivity contribution in [1.82, 2.24) is 9.88 Å². The zero-order valence-corrected chi connectivity index (χ0v) is 11.7. The Morgan fingerprint density at radius 1 is 1.75 bits per heavy atom. The van der Waals surface area contributed by atoms with Gasteiger partial charge >= 0.3 is 0 Å². The summed E-state index contributed by atoms with van der Waals surface area (Å²) >= 11 is 4.90. The van der Waals surface area contributed by atoms with Gasteiger partial charge in [-0.3, -0.25) is 4.79 Å². The zero-order chi connectivity index (χ0) is 11.5. The fourth-order valence-electron chi connectivity index (χ4n) is 2.06. The molecule has 1 aliphatic rings. The molecule has 16 heavy (non-hydrogen) atoms. The highest BCUT2D eigenvalue weighted by atomic mass is 79.9. The van der Waals surface area contributed by atoms with Gasteiger partial charge < -0.3 is 4.90 Å². The number of nitrogens with zero attached hydrogens (tertiary/aromatic N) is 2. The smallest absolute Gasteiger partial charge is 0.265 e. The lowest BCUT2D eigenvalue weighted by molar-refractivity contribution is 0.0791. The van der Waals surface area contributed by atoms with Gasteiger partial charge in [0.2, 0.25) is 0 Å². The summed E-state index contributed by atoms with van der Waals surface area (Å²) in [6.45, 7) is 3.70. The van der Waals surface area contributed by atoms with E-state index in [1.165, 1.54) is 11.3 Å². The number of hydrogen-bond donors (Lipinski definition) is 0. The second-order valence-electron chi connectivity index (χ2n) is 4.15. The van der Waals surface area contributed by atoms with Crippen LogP contribution in [0.2, 0.25) is 0 Å². The molecule has 1 fully saturated rings. The molecule has 0 spiro atoms. The van der Waals surface area contributed by atoms with Crippen LogP contribution in [0.4, 0.5) is 0 Å². The summed E-state index contributed by atoms with van der Waals surface area (Å²) in [7, 11) is 0. The third-order valence-corrected chi connectivity index (χ3v) is 4.40. The molecular weight excluding hydrogens is 288 g/mol. The van der Waals surface area contributed by atoms with Gasteiger partial charge in [0.15, 0.2) is 0 Å². The average molecular weight is 303 g/mol. The summed E-state index contributed by atoms with van der Waals surface area (Å²) in [5.74, 6) is 0.827. The monoisotopic (exact) mass is 302 g/mol. The Bertz CT molecular complexity index is 380. The molecule has 0 bridgehead atoms. The SMILES string of the molecule is Cc1ncsc1C(=O)N1CCC(CCBr)C1. The standard InChI is InChI=1S/C11H15BrN2OS/c1-8-10(16-7-13-8)11(15)14-5-3-9(6-14)2-4-12/h7,9H,2-6H2,1H3. The lowest BCUT2D eigenvalue weighted by Crippen LogP contribution is -2.28. The van der Waals surface area contributed by atoms with Gasteiger partial charge in [-0.1, -0.05) is 15.9 Å². The molecule has 5 heteroatoms. The van der Waals surface area contributed by atoms with E-state index >= 15 is 0 Å². The summed E-state index contributed by atoms with van der Waals surface area (Å²) in [6.07, 6.45) is 2.29. The predicted molar refractivity (Wildman–Crippen MR) is 69.3 cm³/mol. The lowest BCUT2D eigenvalue weighted by atomic mass is 10.1. The maximum Gasteiger partial charge on any atom is 0.265 e. The van der Waals surface area contributed by atoms with Crippen LogP contribution >= 0.6 is 27.3 Å². The molecule has 1 unspecified atom stereocenters. The van der Waals surface area contributed by atoms with Crippen molar-refractivity contribution in [2.45, 2.75) is 19.8 Å². The van der Waals surface area contributed by atoms with Crippen LogP contribution in [0.1, 0.15) is 28.2 Å². The van der Waals surface area contributed by atoms with Crippen molar-refractivity contribution >= 4 is 33.2 Å². The van der Waals surface area contributed by atoms with Crippen LogP contribution in [0, 0.1) is 12.8 Å². The van der Waals surface area contributed by atoms with Gasteiger partial charge in [0.05, 0.1) is 11.2 Å². The molecule has 0 saturated carbocycles. The van der Waals surface area contributed by atoms with Gasteiger partial charge in [-0.15, -0.1) is 11.3 Å². The van der Waals surface area contributed by atoms with Crippen molar-refractivity contribution in [3.63, 3.8) is 0 Å². The predicted octanol–water partition coefficient (Wildman–Crippen LogP) is 2.70. The van der Waals surface area contributed by atoms with Crippen LogP contribution in [0.15, 0.2) is 5.51 Å². The molecule has 0 N–H and O–H groups in total. The molecule has 1 atom stereocenters. The highest BCUT2D eigenvalue weighted by Crippen LogP contribution is 2.24. The van der Waals surface area contributed by atoms with E-state index in [0.29, 0.717) is 5.92 Å². The van der Waals surface area contributed by atoms with Gasteiger partial charge in [0, 0.05) is 18.4 Å². The van der Waals surface area contributed by atoms with Crippen LogP contribution in [0.3, 0.4) is 0 Å². The minimum absolute atomic E-state index is 0.164. The number of aromatic nitrogens is 1. The van der Waals surface area contributed by atoms with Crippen molar-refractivity contribution in [2.24, 2.45) is 5.92 Å². The number of hydrogen-bond acceptors (Lipinski definition) is 3. The summed E-state index contributed by atoms with van der Waals surface area (Å²) in [5.41, 5.74) is 2.60. The van der Waals surface area contributed by atoms with E-state index in [-0.39, 0.29) is 5.91 Å². The molecule has 88 valence electrons. The van der Waals surface area contributed by atoms with E-state index < -0.39 is 0 Å². The van der Waals surface area contributed by atoms with Gasteiger partial charge in [-0.2, -0.15) is 0 Å².